The normalized spacial score (nSPS) is 13.0. The zero-order valence-corrected chi connectivity index (χ0v) is 9.72. The summed E-state index contributed by atoms with van der Waals surface area (Å²) in [5.41, 5.74) is -0.419. The molecule has 0 bridgehead atoms. The summed E-state index contributed by atoms with van der Waals surface area (Å²) >= 11 is 0. The second kappa shape index (κ2) is 5.29. The molecule has 0 aromatic carbocycles. The SMILES string of the molecule is CC.CC(C)(O)c1coc(S(N)=O)c1. The summed E-state index contributed by atoms with van der Waals surface area (Å²) in [6, 6.07) is 1.48. The summed E-state index contributed by atoms with van der Waals surface area (Å²) in [6.07, 6.45) is 1.35. The summed E-state index contributed by atoms with van der Waals surface area (Å²) in [7, 11) is -1.62. The second-order valence-electron chi connectivity index (χ2n) is 3.01. The first-order valence-corrected chi connectivity index (χ1v) is 5.60. The fourth-order valence-corrected chi connectivity index (χ4v) is 1.13. The molecule has 0 fully saturated rings. The van der Waals surface area contributed by atoms with Gasteiger partial charge in [0.05, 0.1) is 11.9 Å². The summed E-state index contributed by atoms with van der Waals surface area (Å²) in [4.78, 5) is 0. The molecule has 4 nitrogen and oxygen atoms in total. The lowest BCUT2D eigenvalue weighted by Gasteiger charge is -2.13. The Morgan fingerprint density at radius 2 is 2.00 bits per heavy atom. The maximum Gasteiger partial charge on any atom is 0.205 e. The average Bonchev–Trinajstić information content (AvgIpc) is 2.54. The van der Waals surface area contributed by atoms with Gasteiger partial charge >= 0.3 is 0 Å². The van der Waals surface area contributed by atoms with Crippen LogP contribution in [-0.2, 0) is 16.6 Å². The molecule has 1 heterocycles. The Morgan fingerprint density at radius 1 is 1.50 bits per heavy atom. The molecule has 0 aliphatic rings. The van der Waals surface area contributed by atoms with Crippen LogP contribution in [0.1, 0.15) is 33.3 Å². The van der Waals surface area contributed by atoms with Crippen molar-refractivity contribution in [1.82, 2.24) is 0 Å². The summed E-state index contributed by atoms with van der Waals surface area (Å²) in [5.74, 6) is 0. The molecule has 0 aliphatic heterocycles. The molecular weight excluding hydrogens is 202 g/mol. The molecule has 14 heavy (non-hydrogen) atoms. The number of hydrogen-bond acceptors (Lipinski definition) is 3. The Morgan fingerprint density at radius 3 is 2.21 bits per heavy atom. The quantitative estimate of drug-likeness (QED) is 0.791. The van der Waals surface area contributed by atoms with Gasteiger partial charge in [-0.15, -0.1) is 0 Å². The highest BCUT2D eigenvalue weighted by atomic mass is 32.2. The standard InChI is InChI=1S/C7H11NO3S.C2H6/c1-7(2,9)5-3-6(11-4-5)12(8)10;1-2/h3-4,9H,8H2,1-2H3;1-2H3. The van der Waals surface area contributed by atoms with E-state index in [0.717, 1.165) is 0 Å². The van der Waals surface area contributed by atoms with Crippen molar-refractivity contribution in [3.05, 3.63) is 17.9 Å². The monoisotopic (exact) mass is 219 g/mol. The van der Waals surface area contributed by atoms with Crippen molar-refractivity contribution in [3.63, 3.8) is 0 Å². The van der Waals surface area contributed by atoms with E-state index >= 15 is 0 Å². The van der Waals surface area contributed by atoms with Crippen molar-refractivity contribution in [2.24, 2.45) is 5.14 Å². The molecule has 1 unspecified atom stereocenters. The first-order chi connectivity index (χ1) is 6.41. The van der Waals surface area contributed by atoms with Crippen LogP contribution in [0.3, 0.4) is 0 Å². The van der Waals surface area contributed by atoms with Crippen molar-refractivity contribution >= 4 is 11.0 Å². The van der Waals surface area contributed by atoms with Crippen molar-refractivity contribution in [3.8, 4) is 0 Å². The van der Waals surface area contributed by atoms with E-state index in [1.54, 1.807) is 13.8 Å². The summed E-state index contributed by atoms with van der Waals surface area (Å²) in [6.45, 7) is 7.22. The Kier molecular flexibility index (Phi) is 5.04. The molecule has 0 radical (unpaired) electrons. The van der Waals surface area contributed by atoms with Crippen LogP contribution in [0.15, 0.2) is 21.8 Å². The maximum absolute atomic E-state index is 10.7. The van der Waals surface area contributed by atoms with Crippen LogP contribution in [-0.4, -0.2) is 9.32 Å². The van der Waals surface area contributed by atoms with Gasteiger partial charge in [-0.1, -0.05) is 13.8 Å². The fraction of sp³-hybridized carbons (Fsp3) is 0.556. The highest BCUT2D eigenvalue weighted by molar-refractivity contribution is 7.82. The molecule has 1 rings (SSSR count). The zero-order valence-electron chi connectivity index (χ0n) is 8.90. The van der Waals surface area contributed by atoms with E-state index in [1.165, 1.54) is 12.3 Å². The second-order valence-corrected chi connectivity index (χ2v) is 4.01. The third-order valence-corrected chi connectivity index (χ3v) is 2.09. The summed E-state index contributed by atoms with van der Waals surface area (Å²) in [5, 5.41) is 14.7. The van der Waals surface area contributed by atoms with Gasteiger partial charge in [-0.3, -0.25) is 0 Å². The van der Waals surface area contributed by atoms with E-state index in [9.17, 15) is 9.32 Å². The van der Waals surface area contributed by atoms with E-state index in [-0.39, 0.29) is 5.09 Å². The van der Waals surface area contributed by atoms with Gasteiger partial charge in [0.2, 0.25) is 5.09 Å². The van der Waals surface area contributed by atoms with Crippen LogP contribution in [0.2, 0.25) is 0 Å². The lowest BCUT2D eigenvalue weighted by Crippen LogP contribution is -2.14. The highest BCUT2D eigenvalue weighted by Crippen LogP contribution is 2.22. The van der Waals surface area contributed by atoms with Crippen molar-refractivity contribution in [2.75, 3.05) is 0 Å². The van der Waals surface area contributed by atoms with Crippen molar-refractivity contribution in [2.45, 2.75) is 38.4 Å². The molecule has 82 valence electrons. The molecule has 0 saturated carbocycles. The fourth-order valence-electron chi connectivity index (χ4n) is 0.743. The largest absolute Gasteiger partial charge is 0.454 e. The van der Waals surface area contributed by atoms with E-state index in [4.69, 9.17) is 9.56 Å². The number of furan rings is 1. The molecule has 3 N–H and O–H groups in total. The molecule has 1 aromatic heterocycles. The minimum Gasteiger partial charge on any atom is -0.454 e. The predicted octanol–water partition coefficient (Wildman–Crippen LogP) is 1.51. The van der Waals surface area contributed by atoms with E-state index in [0.29, 0.717) is 5.56 Å². The first-order valence-electron chi connectivity index (χ1n) is 4.39. The first kappa shape index (κ1) is 13.4. The Balaban J connectivity index is 0.000000791. The van der Waals surface area contributed by atoms with E-state index in [1.807, 2.05) is 13.8 Å². The zero-order chi connectivity index (χ0) is 11.4. The van der Waals surface area contributed by atoms with Gasteiger partial charge in [0.25, 0.3) is 0 Å². The molecular formula is C9H17NO3S. The Bertz CT molecular complexity index is 301. The third kappa shape index (κ3) is 3.61. The molecule has 0 spiro atoms. The maximum atomic E-state index is 10.7. The lowest BCUT2D eigenvalue weighted by atomic mass is 10.0. The predicted molar refractivity (Wildman–Crippen MR) is 55.9 cm³/mol. The van der Waals surface area contributed by atoms with Crippen LogP contribution in [0.25, 0.3) is 0 Å². The van der Waals surface area contributed by atoms with Gasteiger partial charge in [0.1, 0.15) is 0 Å². The van der Waals surface area contributed by atoms with Crippen LogP contribution in [0.4, 0.5) is 0 Å². The van der Waals surface area contributed by atoms with Crippen molar-refractivity contribution in [1.29, 1.82) is 0 Å². The molecule has 0 saturated heterocycles. The smallest absolute Gasteiger partial charge is 0.205 e. The molecule has 0 aliphatic carbocycles. The molecule has 0 amide bonds. The van der Waals surface area contributed by atoms with Gasteiger partial charge in [0.15, 0.2) is 11.0 Å². The van der Waals surface area contributed by atoms with Crippen LogP contribution in [0, 0.1) is 0 Å². The molecule has 5 heteroatoms. The number of hydrogen-bond donors (Lipinski definition) is 2. The number of rotatable bonds is 2. The third-order valence-electron chi connectivity index (χ3n) is 1.48. The summed E-state index contributed by atoms with van der Waals surface area (Å²) < 4.78 is 15.6. The van der Waals surface area contributed by atoms with Gasteiger partial charge in [0, 0.05) is 11.6 Å². The van der Waals surface area contributed by atoms with Gasteiger partial charge < -0.3 is 9.52 Å². The van der Waals surface area contributed by atoms with Gasteiger partial charge in [-0.25, -0.2) is 9.35 Å². The Hall–Kier alpha value is -0.650. The molecule has 1 atom stereocenters. The van der Waals surface area contributed by atoms with Gasteiger partial charge in [-0.05, 0) is 13.8 Å². The average molecular weight is 219 g/mol. The number of nitrogens with two attached hydrogens (primary N) is 1. The van der Waals surface area contributed by atoms with Crippen molar-refractivity contribution < 1.29 is 13.7 Å². The van der Waals surface area contributed by atoms with E-state index in [2.05, 4.69) is 0 Å². The van der Waals surface area contributed by atoms with Crippen LogP contribution >= 0.6 is 0 Å². The lowest BCUT2D eigenvalue weighted by molar-refractivity contribution is 0.0779. The highest BCUT2D eigenvalue weighted by Gasteiger charge is 2.19. The molecule has 1 aromatic rings. The minimum absolute atomic E-state index is 0.173. The van der Waals surface area contributed by atoms with Crippen LogP contribution < -0.4 is 5.14 Å². The number of aliphatic hydroxyl groups is 1. The minimum atomic E-state index is -1.62. The van der Waals surface area contributed by atoms with Crippen LogP contribution in [0.5, 0.6) is 0 Å². The Labute approximate surface area is 86.7 Å². The van der Waals surface area contributed by atoms with Gasteiger partial charge in [-0.2, -0.15) is 0 Å². The topological polar surface area (TPSA) is 76.5 Å². The van der Waals surface area contributed by atoms with E-state index < -0.39 is 16.6 Å².